The van der Waals surface area contributed by atoms with Crippen LogP contribution in [0.3, 0.4) is 0 Å². The molecule has 0 aromatic heterocycles. The molecule has 3 aliphatic rings. The molecule has 5 nitrogen and oxygen atoms in total. The number of thioether (sulfide) groups is 1. The van der Waals surface area contributed by atoms with Crippen molar-refractivity contribution in [1.82, 2.24) is 9.80 Å². The molecule has 1 aromatic rings. The van der Waals surface area contributed by atoms with Gasteiger partial charge in [0, 0.05) is 35.5 Å². The van der Waals surface area contributed by atoms with Crippen LogP contribution in [0.1, 0.15) is 23.2 Å². The van der Waals surface area contributed by atoms with Crippen LogP contribution in [0.15, 0.2) is 24.3 Å². The van der Waals surface area contributed by atoms with E-state index in [2.05, 4.69) is 0 Å². The van der Waals surface area contributed by atoms with Crippen molar-refractivity contribution < 1.29 is 9.59 Å². The first-order valence-electron chi connectivity index (χ1n) is 8.73. The van der Waals surface area contributed by atoms with Crippen molar-refractivity contribution in [2.45, 2.75) is 24.9 Å². The van der Waals surface area contributed by atoms with Crippen molar-refractivity contribution in [1.29, 1.82) is 0 Å². The van der Waals surface area contributed by atoms with Gasteiger partial charge in [0.1, 0.15) is 6.04 Å². The highest BCUT2D eigenvalue weighted by molar-refractivity contribution is 7.99. The molecule has 2 aliphatic heterocycles. The zero-order valence-electron chi connectivity index (χ0n) is 13.9. The number of nitrogens with two attached hydrogens (primary N) is 1. The zero-order chi connectivity index (χ0) is 17.6. The van der Waals surface area contributed by atoms with Crippen LogP contribution >= 0.6 is 23.4 Å². The number of carbonyl (C=O) groups excluding carboxylic acids is 2. The Morgan fingerprint density at radius 2 is 1.92 bits per heavy atom. The summed E-state index contributed by atoms with van der Waals surface area (Å²) in [6, 6.07) is 6.69. The van der Waals surface area contributed by atoms with E-state index in [-0.39, 0.29) is 23.9 Å². The largest absolute Gasteiger partial charge is 0.340 e. The summed E-state index contributed by atoms with van der Waals surface area (Å²) in [5.41, 5.74) is 6.76. The summed E-state index contributed by atoms with van der Waals surface area (Å²) in [5.74, 6) is 2.16. The number of nitrogens with zero attached hydrogens (tertiary/aromatic N) is 2. The monoisotopic (exact) mass is 379 g/mol. The second-order valence-electron chi connectivity index (χ2n) is 7.21. The Hall–Kier alpha value is -1.24. The molecule has 25 heavy (non-hydrogen) atoms. The highest BCUT2D eigenvalue weighted by Crippen LogP contribution is 2.38. The van der Waals surface area contributed by atoms with Crippen LogP contribution in [0.25, 0.3) is 0 Å². The lowest BCUT2D eigenvalue weighted by Gasteiger charge is -2.28. The quantitative estimate of drug-likeness (QED) is 0.854. The Bertz CT molecular complexity index is 683. The lowest BCUT2D eigenvalue weighted by atomic mass is 9.98. The topological polar surface area (TPSA) is 66.6 Å². The summed E-state index contributed by atoms with van der Waals surface area (Å²) >= 11 is 7.53. The first-order valence-corrected chi connectivity index (χ1v) is 10.3. The smallest absolute Gasteiger partial charge is 0.255 e. The maximum Gasteiger partial charge on any atom is 0.255 e. The van der Waals surface area contributed by atoms with Crippen LogP contribution in [0, 0.1) is 11.8 Å². The fourth-order valence-corrected chi connectivity index (χ4v) is 5.57. The molecule has 0 bridgehead atoms. The van der Waals surface area contributed by atoms with Gasteiger partial charge in [0.15, 0.2) is 0 Å². The van der Waals surface area contributed by atoms with Crippen molar-refractivity contribution in [3.8, 4) is 0 Å². The normalized spacial score (nSPS) is 31.4. The van der Waals surface area contributed by atoms with Gasteiger partial charge >= 0.3 is 0 Å². The molecule has 1 saturated carbocycles. The van der Waals surface area contributed by atoms with Gasteiger partial charge in [-0.2, -0.15) is 0 Å². The van der Waals surface area contributed by atoms with Gasteiger partial charge in [-0.15, -0.1) is 11.8 Å². The van der Waals surface area contributed by atoms with Gasteiger partial charge in [-0.1, -0.05) is 11.6 Å². The third kappa shape index (κ3) is 3.15. The molecule has 4 rings (SSSR count). The first-order chi connectivity index (χ1) is 12.0. The van der Waals surface area contributed by atoms with E-state index in [0.717, 1.165) is 25.9 Å². The van der Waals surface area contributed by atoms with E-state index in [1.807, 2.05) is 4.90 Å². The number of fused-ring (bicyclic) bond motifs is 1. The molecule has 2 N–H and O–H groups in total. The van der Waals surface area contributed by atoms with E-state index in [4.69, 9.17) is 17.3 Å². The standard InChI is InChI=1S/C18H22ClN3O2S/c19-13-4-1-11(2-5-13)17(23)22-10-25-9-16(22)18(24)21-7-12-3-6-15(20)14(12)8-21/h1-2,4-5,12,14-16H,3,6-10,20H2. The lowest BCUT2D eigenvalue weighted by molar-refractivity contribution is -0.134. The van der Waals surface area contributed by atoms with Crippen LogP contribution < -0.4 is 5.73 Å². The van der Waals surface area contributed by atoms with Crippen molar-refractivity contribution in [2.24, 2.45) is 17.6 Å². The number of likely N-dealkylation sites (tertiary alicyclic amines) is 1. The van der Waals surface area contributed by atoms with Gasteiger partial charge in [0.05, 0.1) is 5.88 Å². The van der Waals surface area contributed by atoms with Crippen LogP contribution in [-0.2, 0) is 4.79 Å². The van der Waals surface area contributed by atoms with Gasteiger partial charge in [0.2, 0.25) is 5.91 Å². The molecule has 2 saturated heterocycles. The van der Waals surface area contributed by atoms with E-state index in [1.165, 1.54) is 0 Å². The summed E-state index contributed by atoms with van der Waals surface area (Å²) in [6.45, 7) is 1.54. The highest BCUT2D eigenvalue weighted by Gasteiger charge is 2.45. The Morgan fingerprint density at radius 3 is 2.64 bits per heavy atom. The molecule has 0 radical (unpaired) electrons. The summed E-state index contributed by atoms with van der Waals surface area (Å²) in [4.78, 5) is 29.5. The summed E-state index contributed by atoms with van der Waals surface area (Å²) in [6.07, 6.45) is 2.18. The predicted octanol–water partition coefficient (Wildman–Crippen LogP) is 2.05. The minimum absolute atomic E-state index is 0.0777. The van der Waals surface area contributed by atoms with Gasteiger partial charge in [-0.3, -0.25) is 9.59 Å². The maximum atomic E-state index is 13.0. The summed E-state index contributed by atoms with van der Waals surface area (Å²) in [5, 5.41) is 0.597. The molecule has 0 spiro atoms. The zero-order valence-corrected chi connectivity index (χ0v) is 15.5. The Kier molecular flexibility index (Phi) is 4.69. The van der Waals surface area contributed by atoms with Crippen molar-refractivity contribution >= 4 is 35.2 Å². The number of hydrogen-bond donors (Lipinski definition) is 1. The van der Waals surface area contributed by atoms with Crippen molar-refractivity contribution in [3.63, 3.8) is 0 Å². The lowest BCUT2D eigenvalue weighted by Crippen LogP contribution is -2.49. The SMILES string of the molecule is NC1CCC2CN(C(=O)C3CSCN3C(=O)c3ccc(Cl)cc3)CC12. The molecule has 3 fully saturated rings. The van der Waals surface area contributed by atoms with E-state index >= 15 is 0 Å². The third-order valence-corrected chi connectivity index (χ3v) is 7.01. The molecule has 1 aromatic carbocycles. The highest BCUT2D eigenvalue weighted by atomic mass is 35.5. The third-order valence-electron chi connectivity index (χ3n) is 5.74. The first kappa shape index (κ1) is 17.2. The minimum atomic E-state index is -0.372. The Morgan fingerprint density at radius 1 is 1.16 bits per heavy atom. The average molecular weight is 380 g/mol. The number of amides is 2. The van der Waals surface area contributed by atoms with E-state index < -0.39 is 0 Å². The van der Waals surface area contributed by atoms with E-state index in [9.17, 15) is 9.59 Å². The number of rotatable bonds is 2. The van der Waals surface area contributed by atoms with Gasteiger partial charge in [-0.05, 0) is 48.9 Å². The number of hydrogen-bond acceptors (Lipinski definition) is 4. The van der Waals surface area contributed by atoms with Crippen molar-refractivity contribution in [3.05, 3.63) is 34.9 Å². The van der Waals surface area contributed by atoms with Crippen LogP contribution in [0.4, 0.5) is 0 Å². The fourth-order valence-electron chi connectivity index (χ4n) is 4.30. The van der Waals surface area contributed by atoms with Crippen molar-refractivity contribution in [2.75, 3.05) is 24.7 Å². The molecule has 134 valence electrons. The molecule has 2 heterocycles. The predicted molar refractivity (Wildman–Crippen MR) is 99.5 cm³/mol. The fraction of sp³-hybridized carbons (Fsp3) is 0.556. The molecule has 1 aliphatic carbocycles. The number of benzene rings is 1. The van der Waals surface area contributed by atoms with Crippen LogP contribution in [0.5, 0.6) is 0 Å². The van der Waals surface area contributed by atoms with E-state index in [1.54, 1.807) is 40.9 Å². The number of halogens is 1. The Balaban J connectivity index is 1.47. The average Bonchev–Trinajstić information content (AvgIpc) is 3.32. The van der Waals surface area contributed by atoms with Gasteiger partial charge in [0.25, 0.3) is 5.91 Å². The molecular formula is C18H22ClN3O2S. The molecular weight excluding hydrogens is 358 g/mol. The van der Waals surface area contributed by atoms with Gasteiger partial charge in [-0.25, -0.2) is 0 Å². The summed E-state index contributed by atoms with van der Waals surface area (Å²) in [7, 11) is 0. The second kappa shape index (κ2) is 6.82. The Labute approximate surface area is 156 Å². The van der Waals surface area contributed by atoms with Gasteiger partial charge < -0.3 is 15.5 Å². The van der Waals surface area contributed by atoms with Crippen LogP contribution in [0.2, 0.25) is 5.02 Å². The molecule has 2 amide bonds. The number of carbonyl (C=O) groups is 2. The second-order valence-corrected chi connectivity index (χ2v) is 8.64. The molecule has 4 unspecified atom stereocenters. The molecule has 7 heteroatoms. The van der Waals surface area contributed by atoms with Crippen LogP contribution in [-0.4, -0.2) is 58.4 Å². The minimum Gasteiger partial charge on any atom is -0.340 e. The maximum absolute atomic E-state index is 13.0. The summed E-state index contributed by atoms with van der Waals surface area (Å²) < 4.78 is 0. The molecule has 4 atom stereocenters. The van der Waals surface area contributed by atoms with E-state index in [0.29, 0.717) is 34.1 Å².